The Balaban J connectivity index is 1.25. The number of carbonyl (C=O) groups excluding carboxylic acids is 1. The van der Waals surface area contributed by atoms with Gasteiger partial charge in [0, 0.05) is 56.0 Å². The summed E-state index contributed by atoms with van der Waals surface area (Å²) >= 11 is 0. The lowest BCUT2D eigenvalue weighted by atomic mass is 9.88. The number of aryl methyl sites for hydroxylation is 2. The summed E-state index contributed by atoms with van der Waals surface area (Å²) in [6, 6.07) is 9.72. The summed E-state index contributed by atoms with van der Waals surface area (Å²) < 4.78 is 32.5. The van der Waals surface area contributed by atoms with Gasteiger partial charge in [0.15, 0.2) is 6.79 Å². The van der Waals surface area contributed by atoms with Crippen LogP contribution in [-0.2, 0) is 16.5 Å². The number of fused-ring (bicyclic) bond motifs is 2. The van der Waals surface area contributed by atoms with Gasteiger partial charge in [-0.1, -0.05) is 0 Å². The van der Waals surface area contributed by atoms with E-state index in [1.54, 1.807) is 16.7 Å². The number of rotatable bonds is 7. The number of benzene rings is 1. The first-order valence-corrected chi connectivity index (χ1v) is 14.8. The second-order valence-electron chi connectivity index (χ2n) is 12.6. The molecule has 0 radical (unpaired) electrons. The van der Waals surface area contributed by atoms with Gasteiger partial charge in [-0.2, -0.15) is 5.10 Å². The van der Waals surface area contributed by atoms with Crippen molar-refractivity contribution in [3.63, 3.8) is 0 Å². The van der Waals surface area contributed by atoms with E-state index in [0.717, 1.165) is 57.5 Å². The number of pyridine rings is 2. The van der Waals surface area contributed by atoms with Crippen molar-refractivity contribution in [3.05, 3.63) is 42.1 Å². The maximum absolute atomic E-state index is 13.8. The zero-order valence-corrected chi connectivity index (χ0v) is 25.6. The molecular weight excluding hydrogens is 551 g/mol. The molecule has 1 unspecified atom stereocenters. The van der Waals surface area contributed by atoms with Crippen LogP contribution in [0, 0.1) is 6.92 Å². The summed E-state index contributed by atoms with van der Waals surface area (Å²) in [5.74, 6) is 1.51. The number of nitrogens with zero attached hydrogens (tertiary/aromatic N) is 6. The number of ether oxygens (including phenoxy) is 3. The van der Waals surface area contributed by atoms with Crippen molar-refractivity contribution < 1.29 is 23.4 Å². The first-order valence-electron chi connectivity index (χ1n) is 14.8. The number of aromatic nitrogens is 4. The standard InChI is InChI=1S/C32H39FN6O4/c1-19-29-20(16-37(5)36-29)13-24(30(19)42-18-41-6)25-7-8-27-26(34-25)9-10-28(35-27)38-12-11-22(17-38)39(23-14-21(33)15-23)31(40)43-32(2,3)4/h7-10,13,16,21-23H,11-12,14-15,17-18H2,1-6H3/t21-,22?,23-. The number of alkyl halides is 1. The molecule has 1 atom stereocenters. The van der Waals surface area contributed by atoms with Crippen LogP contribution in [-0.4, -0.2) is 81.6 Å². The summed E-state index contributed by atoms with van der Waals surface area (Å²) in [6.45, 7) is 9.02. The van der Waals surface area contributed by atoms with Crippen LogP contribution in [0.5, 0.6) is 5.75 Å². The van der Waals surface area contributed by atoms with Crippen LogP contribution in [0.1, 0.15) is 45.6 Å². The van der Waals surface area contributed by atoms with E-state index >= 15 is 0 Å². The van der Waals surface area contributed by atoms with Gasteiger partial charge in [0.05, 0.1) is 28.3 Å². The molecule has 2 fully saturated rings. The van der Waals surface area contributed by atoms with E-state index in [1.165, 1.54) is 0 Å². The minimum Gasteiger partial charge on any atom is -0.466 e. The maximum atomic E-state index is 13.8. The number of anilines is 1. The number of carbonyl (C=O) groups is 1. The van der Waals surface area contributed by atoms with E-state index in [0.29, 0.717) is 25.1 Å². The van der Waals surface area contributed by atoms with Gasteiger partial charge in [0.1, 0.15) is 23.3 Å². The lowest BCUT2D eigenvalue weighted by molar-refractivity contribution is -0.0178. The molecule has 4 heterocycles. The van der Waals surface area contributed by atoms with Crippen LogP contribution < -0.4 is 9.64 Å². The number of methoxy groups -OCH3 is 1. The number of hydrogen-bond acceptors (Lipinski definition) is 8. The Hall–Kier alpha value is -3.99. The minimum atomic E-state index is -0.857. The third-order valence-electron chi connectivity index (χ3n) is 8.16. The fourth-order valence-electron chi connectivity index (χ4n) is 6.09. The van der Waals surface area contributed by atoms with Gasteiger partial charge >= 0.3 is 6.09 Å². The Bertz CT molecular complexity index is 1660. The SMILES string of the molecule is COCOc1c(-c2ccc3nc(N4CCC(N(C(=O)OC(C)(C)C)[C@H]5C[C@H](F)C5)C4)ccc3n2)cc2cn(C)nc2c1C. The molecule has 1 saturated carbocycles. The Morgan fingerprint density at radius 1 is 1.12 bits per heavy atom. The molecule has 1 aliphatic carbocycles. The highest BCUT2D eigenvalue weighted by molar-refractivity contribution is 5.92. The van der Waals surface area contributed by atoms with Crippen LogP contribution in [0.15, 0.2) is 36.5 Å². The highest BCUT2D eigenvalue weighted by Crippen LogP contribution is 2.38. The molecule has 1 aliphatic heterocycles. The zero-order valence-electron chi connectivity index (χ0n) is 25.6. The average molecular weight is 591 g/mol. The second-order valence-corrected chi connectivity index (χ2v) is 12.6. The molecule has 228 valence electrons. The Morgan fingerprint density at radius 2 is 1.86 bits per heavy atom. The molecule has 4 aromatic rings. The van der Waals surface area contributed by atoms with Crippen LogP contribution in [0.25, 0.3) is 33.2 Å². The van der Waals surface area contributed by atoms with Crippen molar-refractivity contribution >= 4 is 33.8 Å². The summed E-state index contributed by atoms with van der Waals surface area (Å²) in [5.41, 5.74) is 4.34. The molecule has 6 rings (SSSR count). The fourth-order valence-corrected chi connectivity index (χ4v) is 6.09. The lowest BCUT2D eigenvalue weighted by Crippen LogP contribution is -2.55. The largest absolute Gasteiger partial charge is 0.466 e. The van der Waals surface area contributed by atoms with Gasteiger partial charge in [0.25, 0.3) is 0 Å². The lowest BCUT2D eigenvalue weighted by Gasteiger charge is -2.43. The molecule has 0 spiro atoms. The van der Waals surface area contributed by atoms with Gasteiger partial charge in [0.2, 0.25) is 0 Å². The highest BCUT2D eigenvalue weighted by atomic mass is 19.1. The molecule has 0 bridgehead atoms. The molecule has 0 N–H and O–H groups in total. The quantitative estimate of drug-likeness (QED) is 0.250. The molecule has 10 nitrogen and oxygen atoms in total. The second kappa shape index (κ2) is 11.3. The number of hydrogen-bond donors (Lipinski definition) is 0. The van der Waals surface area contributed by atoms with E-state index < -0.39 is 11.8 Å². The van der Waals surface area contributed by atoms with Crippen molar-refractivity contribution in [1.82, 2.24) is 24.6 Å². The Kier molecular flexibility index (Phi) is 7.62. The van der Waals surface area contributed by atoms with Gasteiger partial charge < -0.3 is 24.0 Å². The maximum Gasteiger partial charge on any atom is 0.410 e. The van der Waals surface area contributed by atoms with Crippen molar-refractivity contribution in [2.24, 2.45) is 7.05 Å². The van der Waals surface area contributed by atoms with E-state index in [-0.39, 0.29) is 25.0 Å². The van der Waals surface area contributed by atoms with Crippen molar-refractivity contribution in [2.75, 3.05) is 31.9 Å². The van der Waals surface area contributed by atoms with E-state index in [1.807, 2.05) is 71.3 Å². The first-order chi connectivity index (χ1) is 20.5. The molecule has 2 aliphatic rings. The topological polar surface area (TPSA) is 94.8 Å². The van der Waals surface area contributed by atoms with Gasteiger partial charge in [-0.15, -0.1) is 0 Å². The van der Waals surface area contributed by atoms with Gasteiger partial charge in [-0.3, -0.25) is 4.68 Å². The number of amides is 1. The van der Waals surface area contributed by atoms with Crippen molar-refractivity contribution in [3.8, 4) is 17.0 Å². The van der Waals surface area contributed by atoms with Crippen LogP contribution >= 0.6 is 0 Å². The predicted octanol–water partition coefficient (Wildman–Crippen LogP) is 5.79. The molecule has 43 heavy (non-hydrogen) atoms. The van der Waals surface area contributed by atoms with Gasteiger partial charge in [-0.05, 0) is 77.3 Å². The molecule has 11 heteroatoms. The summed E-state index contributed by atoms with van der Waals surface area (Å²) in [6.07, 6.45) is 2.25. The van der Waals surface area contributed by atoms with Crippen LogP contribution in [0.3, 0.4) is 0 Å². The molecule has 1 saturated heterocycles. The monoisotopic (exact) mass is 590 g/mol. The fraction of sp³-hybridized carbons (Fsp3) is 0.500. The zero-order chi connectivity index (χ0) is 30.5. The predicted molar refractivity (Wildman–Crippen MR) is 163 cm³/mol. The van der Waals surface area contributed by atoms with E-state index in [2.05, 4.69) is 10.00 Å². The summed E-state index contributed by atoms with van der Waals surface area (Å²) in [7, 11) is 3.49. The summed E-state index contributed by atoms with van der Waals surface area (Å²) in [5, 5.41) is 5.59. The molecule has 3 aromatic heterocycles. The molecular formula is C32H39FN6O4. The smallest absolute Gasteiger partial charge is 0.410 e. The number of halogens is 1. The highest BCUT2D eigenvalue weighted by Gasteiger charge is 2.43. The molecule has 1 amide bonds. The van der Waals surface area contributed by atoms with E-state index in [4.69, 9.17) is 24.2 Å². The third-order valence-corrected chi connectivity index (χ3v) is 8.16. The Labute approximate surface area is 250 Å². The van der Waals surface area contributed by atoms with Crippen LogP contribution in [0.2, 0.25) is 0 Å². The minimum absolute atomic E-state index is 0.0681. The Morgan fingerprint density at radius 3 is 2.58 bits per heavy atom. The summed E-state index contributed by atoms with van der Waals surface area (Å²) in [4.78, 5) is 27.0. The van der Waals surface area contributed by atoms with Gasteiger partial charge in [-0.25, -0.2) is 19.2 Å². The average Bonchev–Trinajstić information content (AvgIpc) is 3.57. The van der Waals surface area contributed by atoms with Crippen molar-refractivity contribution in [2.45, 2.75) is 70.8 Å². The molecule has 1 aromatic carbocycles. The first kappa shape index (κ1) is 29.1. The van der Waals surface area contributed by atoms with Crippen molar-refractivity contribution in [1.29, 1.82) is 0 Å². The third kappa shape index (κ3) is 5.82. The normalized spacial score (nSPS) is 20.4. The van der Waals surface area contributed by atoms with Crippen LogP contribution in [0.4, 0.5) is 15.0 Å². The van der Waals surface area contributed by atoms with E-state index in [9.17, 15) is 9.18 Å².